The summed E-state index contributed by atoms with van der Waals surface area (Å²) in [5.74, 6) is 3.34. The van der Waals surface area contributed by atoms with Crippen LogP contribution in [0.2, 0.25) is 0 Å². The maximum Gasteiger partial charge on any atom is -0.0238 e. The van der Waals surface area contributed by atoms with Crippen molar-refractivity contribution in [2.24, 2.45) is 28.6 Å². The van der Waals surface area contributed by atoms with Crippen molar-refractivity contribution in [3.05, 3.63) is 0 Å². The maximum atomic E-state index is 2.57. The van der Waals surface area contributed by atoms with Crippen LogP contribution in [0.5, 0.6) is 0 Å². The molecule has 0 spiro atoms. The molecule has 4 aliphatic rings. The first-order valence-corrected chi connectivity index (χ1v) is 7.55. The third-order valence-corrected chi connectivity index (χ3v) is 6.35. The molecule has 0 unspecified atom stereocenters. The Morgan fingerprint density at radius 3 is 1.71 bits per heavy atom. The largest absolute Gasteiger partial charge is 0.344 e. The van der Waals surface area contributed by atoms with Gasteiger partial charge < -0.3 is 6.15 Å². The second-order valence-corrected chi connectivity index (χ2v) is 7.83. The van der Waals surface area contributed by atoms with E-state index in [0.29, 0.717) is 5.41 Å². The van der Waals surface area contributed by atoms with Crippen LogP contribution in [-0.4, -0.2) is 0 Å². The third-order valence-electron chi connectivity index (χ3n) is 6.35. The monoisotopic (exact) mass is 237 g/mol. The Bertz CT molecular complexity index is 244. The van der Waals surface area contributed by atoms with Crippen molar-refractivity contribution in [2.45, 2.75) is 72.1 Å². The normalized spacial score (nSPS) is 43.6. The molecule has 0 radical (unpaired) electrons. The van der Waals surface area contributed by atoms with Gasteiger partial charge in [0, 0.05) is 0 Å². The van der Waals surface area contributed by atoms with Gasteiger partial charge in [0.2, 0.25) is 0 Å². The zero-order valence-corrected chi connectivity index (χ0v) is 12.1. The minimum Gasteiger partial charge on any atom is -0.344 e. The minimum absolute atomic E-state index is 0. The summed E-state index contributed by atoms with van der Waals surface area (Å²) in [6.07, 6.45) is 12.3. The predicted molar refractivity (Wildman–Crippen MR) is 74.3 cm³/mol. The van der Waals surface area contributed by atoms with E-state index < -0.39 is 0 Å². The lowest BCUT2D eigenvalue weighted by Gasteiger charge is -2.62. The third kappa shape index (κ3) is 1.95. The summed E-state index contributed by atoms with van der Waals surface area (Å²) >= 11 is 0. The molecule has 4 rings (SSSR count). The lowest BCUT2D eigenvalue weighted by atomic mass is 9.43. The second-order valence-electron chi connectivity index (χ2n) is 7.83. The Kier molecular flexibility index (Phi) is 3.36. The van der Waals surface area contributed by atoms with Crippen molar-refractivity contribution in [1.29, 1.82) is 0 Å². The van der Waals surface area contributed by atoms with Crippen LogP contribution >= 0.6 is 0 Å². The molecule has 4 bridgehead atoms. The van der Waals surface area contributed by atoms with Crippen molar-refractivity contribution in [3.8, 4) is 0 Å². The van der Waals surface area contributed by atoms with Gasteiger partial charge in [-0.1, -0.05) is 27.2 Å². The van der Waals surface area contributed by atoms with Gasteiger partial charge >= 0.3 is 0 Å². The zero-order valence-electron chi connectivity index (χ0n) is 12.1. The fourth-order valence-electron chi connectivity index (χ4n) is 5.83. The van der Waals surface area contributed by atoms with Crippen LogP contribution in [0, 0.1) is 28.6 Å². The predicted octanol–water partition coefficient (Wildman–Crippen LogP) is 5.19. The molecular weight excluding hydrogens is 206 g/mol. The van der Waals surface area contributed by atoms with Crippen LogP contribution in [0.15, 0.2) is 0 Å². The molecule has 0 amide bonds. The average molecular weight is 237 g/mol. The van der Waals surface area contributed by atoms with Crippen molar-refractivity contribution in [3.63, 3.8) is 0 Å². The SMILES string of the molecule is CCCC(C)(C)C12CC3CC(CC(C3)C1)C2.N. The molecule has 4 fully saturated rings. The highest BCUT2D eigenvalue weighted by Crippen LogP contribution is 2.66. The molecule has 0 aliphatic heterocycles. The highest BCUT2D eigenvalue weighted by Gasteiger charge is 2.56. The highest BCUT2D eigenvalue weighted by atomic mass is 14.6. The molecule has 100 valence electrons. The first-order valence-electron chi connectivity index (χ1n) is 7.55. The topological polar surface area (TPSA) is 35.0 Å². The Morgan fingerprint density at radius 2 is 1.35 bits per heavy atom. The Labute approximate surface area is 107 Å². The molecule has 17 heavy (non-hydrogen) atoms. The molecule has 0 aromatic rings. The van der Waals surface area contributed by atoms with Crippen molar-refractivity contribution in [1.82, 2.24) is 6.15 Å². The molecule has 0 heterocycles. The Hall–Kier alpha value is -0.0400. The Balaban J connectivity index is 0.00000108. The van der Waals surface area contributed by atoms with Crippen LogP contribution in [0.1, 0.15) is 72.1 Å². The summed E-state index contributed by atoms with van der Waals surface area (Å²) < 4.78 is 0. The van der Waals surface area contributed by atoms with E-state index in [9.17, 15) is 0 Å². The summed E-state index contributed by atoms with van der Waals surface area (Å²) in [5, 5.41) is 0. The van der Waals surface area contributed by atoms with Gasteiger partial charge in [-0.15, -0.1) is 0 Å². The van der Waals surface area contributed by atoms with Gasteiger partial charge in [-0.2, -0.15) is 0 Å². The summed E-state index contributed by atoms with van der Waals surface area (Å²) in [7, 11) is 0. The average Bonchev–Trinajstić information content (AvgIpc) is 2.14. The molecule has 0 aromatic carbocycles. The van der Waals surface area contributed by atoms with E-state index in [1.165, 1.54) is 12.8 Å². The van der Waals surface area contributed by atoms with E-state index in [4.69, 9.17) is 0 Å². The minimum atomic E-state index is 0. The highest BCUT2D eigenvalue weighted by molar-refractivity contribution is 5.06. The van der Waals surface area contributed by atoms with Gasteiger partial charge in [0.15, 0.2) is 0 Å². The fourth-order valence-corrected chi connectivity index (χ4v) is 5.83. The molecule has 4 saturated carbocycles. The molecular formula is C16H31N. The lowest BCUT2D eigenvalue weighted by molar-refractivity contribution is -0.122. The molecule has 0 atom stereocenters. The molecule has 0 saturated heterocycles. The van der Waals surface area contributed by atoms with Crippen molar-refractivity contribution < 1.29 is 0 Å². The van der Waals surface area contributed by atoms with Crippen LogP contribution in [-0.2, 0) is 0 Å². The van der Waals surface area contributed by atoms with E-state index in [-0.39, 0.29) is 6.15 Å². The van der Waals surface area contributed by atoms with E-state index >= 15 is 0 Å². The van der Waals surface area contributed by atoms with Crippen LogP contribution < -0.4 is 6.15 Å². The molecule has 1 heteroatoms. The first-order chi connectivity index (χ1) is 7.55. The zero-order chi connectivity index (χ0) is 11.4. The lowest BCUT2D eigenvalue weighted by Crippen LogP contribution is -2.52. The van der Waals surface area contributed by atoms with Crippen molar-refractivity contribution in [2.75, 3.05) is 0 Å². The van der Waals surface area contributed by atoms with E-state index in [1.54, 1.807) is 38.5 Å². The quantitative estimate of drug-likeness (QED) is 0.720. The van der Waals surface area contributed by atoms with Crippen LogP contribution in [0.4, 0.5) is 0 Å². The summed E-state index contributed by atoms with van der Waals surface area (Å²) in [6.45, 7) is 7.51. The Morgan fingerprint density at radius 1 is 0.941 bits per heavy atom. The van der Waals surface area contributed by atoms with Gasteiger partial charge in [0.25, 0.3) is 0 Å². The number of hydrogen-bond acceptors (Lipinski definition) is 1. The smallest absolute Gasteiger partial charge is 0.0238 e. The van der Waals surface area contributed by atoms with E-state index in [0.717, 1.165) is 23.2 Å². The fraction of sp³-hybridized carbons (Fsp3) is 1.00. The van der Waals surface area contributed by atoms with E-state index in [2.05, 4.69) is 20.8 Å². The van der Waals surface area contributed by atoms with Gasteiger partial charge in [0.1, 0.15) is 0 Å². The summed E-state index contributed by atoms with van der Waals surface area (Å²) in [4.78, 5) is 0. The van der Waals surface area contributed by atoms with Crippen LogP contribution in [0.3, 0.4) is 0 Å². The first kappa shape index (κ1) is 13.4. The molecule has 0 aromatic heterocycles. The molecule has 1 nitrogen and oxygen atoms in total. The van der Waals surface area contributed by atoms with E-state index in [1.807, 2.05) is 0 Å². The van der Waals surface area contributed by atoms with Crippen molar-refractivity contribution >= 4 is 0 Å². The number of rotatable bonds is 3. The van der Waals surface area contributed by atoms with Gasteiger partial charge in [-0.3, -0.25) is 0 Å². The molecule has 4 aliphatic carbocycles. The number of hydrogen-bond donors (Lipinski definition) is 1. The standard InChI is InChI=1S/C16H28.H3N/c1-4-5-15(2,3)16-9-12-6-13(10-16)8-14(7-12)11-16;/h12-14H,4-11H2,1-3H3;1H3. The van der Waals surface area contributed by atoms with Gasteiger partial charge in [-0.05, 0) is 73.5 Å². The summed E-state index contributed by atoms with van der Waals surface area (Å²) in [6, 6.07) is 0. The van der Waals surface area contributed by atoms with Gasteiger partial charge in [-0.25, -0.2) is 0 Å². The van der Waals surface area contributed by atoms with Crippen LogP contribution in [0.25, 0.3) is 0 Å². The second kappa shape index (κ2) is 4.26. The summed E-state index contributed by atoms with van der Waals surface area (Å²) in [5.41, 5.74) is 1.36. The molecule has 3 N–H and O–H groups in total. The van der Waals surface area contributed by atoms with Gasteiger partial charge in [0.05, 0.1) is 0 Å². The maximum absolute atomic E-state index is 2.57.